The zero-order valence-electron chi connectivity index (χ0n) is 11.6. The number of benzene rings is 1. The molecule has 1 atom stereocenters. The van der Waals surface area contributed by atoms with Gasteiger partial charge < -0.3 is 5.11 Å². The number of aromatic nitrogens is 2. The number of aryl methyl sites for hydroxylation is 2. The first-order valence-corrected chi connectivity index (χ1v) is 7.01. The molecule has 0 aliphatic rings. The van der Waals surface area contributed by atoms with Crippen molar-refractivity contribution in [2.75, 3.05) is 6.61 Å². The van der Waals surface area contributed by atoms with E-state index < -0.39 is 0 Å². The molecule has 3 nitrogen and oxygen atoms in total. The number of halogens is 2. The van der Waals surface area contributed by atoms with Crippen molar-refractivity contribution in [2.45, 2.75) is 25.7 Å². The predicted octanol–water partition coefficient (Wildman–Crippen LogP) is 3.09. The van der Waals surface area contributed by atoms with Crippen LogP contribution in [0, 0.1) is 5.82 Å². The van der Waals surface area contributed by atoms with E-state index in [2.05, 4.69) is 5.10 Å². The van der Waals surface area contributed by atoms with Crippen LogP contribution in [-0.2, 0) is 19.9 Å². The molecule has 0 spiro atoms. The summed E-state index contributed by atoms with van der Waals surface area (Å²) in [5, 5.41) is 14.6. The average Bonchev–Trinajstić information content (AvgIpc) is 2.71. The summed E-state index contributed by atoms with van der Waals surface area (Å²) in [5.74, 6) is -0.491. The lowest BCUT2D eigenvalue weighted by Crippen LogP contribution is -2.11. The topological polar surface area (TPSA) is 38.0 Å². The molecular formula is C15H18ClFN2O. The number of nitrogens with zero attached hydrogens (tertiary/aromatic N) is 2. The Labute approximate surface area is 123 Å². The lowest BCUT2D eigenvalue weighted by atomic mass is 9.94. The quantitative estimate of drug-likeness (QED) is 0.921. The van der Waals surface area contributed by atoms with Crippen molar-refractivity contribution in [3.63, 3.8) is 0 Å². The van der Waals surface area contributed by atoms with Gasteiger partial charge in [-0.1, -0.05) is 30.7 Å². The van der Waals surface area contributed by atoms with Crippen LogP contribution in [0.15, 0.2) is 24.3 Å². The van der Waals surface area contributed by atoms with Crippen LogP contribution in [0.5, 0.6) is 0 Å². The average molecular weight is 297 g/mol. The van der Waals surface area contributed by atoms with Crippen LogP contribution in [0.3, 0.4) is 0 Å². The highest BCUT2D eigenvalue weighted by Crippen LogP contribution is 2.27. The Morgan fingerprint density at radius 3 is 2.75 bits per heavy atom. The van der Waals surface area contributed by atoms with Crippen molar-refractivity contribution in [1.82, 2.24) is 9.78 Å². The van der Waals surface area contributed by atoms with E-state index in [9.17, 15) is 9.50 Å². The van der Waals surface area contributed by atoms with Gasteiger partial charge in [0.1, 0.15) is 5.82 Å². The molecule has 2 rings (SSSR count). The molecule has 0 fully saturated rings. The Hall–Kier alpha value is -1.39. The largest absolute Gasteiger partial charge is 0.396 e. The molecule has 0 radical (unpaired) electrons. The second-order valence-corrected chi connectivity index (χ2v) is 5.20. The summed E-state index contributed by atoms with van der Waals surface area (Å²) in [6.07, 6.45) is 1.29. The third-order valence-corrected chi connectivity index (χ3v) is 3.92. The summed E-state index contributed by atoms with van der Waals surface area (Å²) in [6.45, 7) is 1.93. The fourth-order valence-electron chi connectivity index (χ4n) is 2.32. The van der Waals surface area contributed by atoms with E-state index in [1.165, 1.54) is 12.1 Å². The first kappa shape index (κ1) is 15.0. The number of hydrogen-bond acceptors (Lipinski definition) is 2. The molecule has 0 bridgehead atoms. The van der Waals surface area contributed by atoms with Gasteiger partial charge >= 0.3 is 0 Å². The predicted molar refractivity (Wildman–Crippen MR) is 77.5 cm³/mol. The molecule has 0 saturated carbocycles. The minimum atomic E-state index is -0.300. The molecule has 1 unspecified atom stereocenters. The van der Waals surface area contributed by atoms with E-state index in [0.29, 0.717) is 11.4 Å². The number of rotatable bonds is 5. The molecule has 2 aromatic rings. The third-order valence-electron chi connectivity index (χ3n) is 3.48. The summed E-state index contributed by atoms with van der Waals surface area (Å²) >= 11 is 6.31. The Balaban J connectivity index is 2.29. The van der Waals surface area contributed by atoms with Gasteiger partial charge in [-0.05, 0) is 30.5 Å². The maximum absolute atomic E-state index is 13.3. The van der Waals surface area contributed by atoms with Gasteiger partial charge in [0.05, 0.1) is 23.0 Å². The molecule has 5 heteroatoms. The van der Waals surface area contributed by atoms with Crippen molar-refractivity contribution >= 4 is 11.6 Å². The van der Waals surface area contributed by atoms with E-state index in [4.69, 9.17) is 11.6 Å². The van der Waals surface area contributed by atoms with Gasteiger partial charge in [0.2, 0.25) is 0 Å². The summed E-state index contributed by atoms with van der Waals surface area (Å²) in [6, 6.07) is 6.31. The molecule has 1 heterocycles. The monoisotopic (exact) mass is 296 g/mol. The highest BCUT2D eigenvalue weighted by atomic mass is 35.5. The van der Waals surface area contributed by atoms with Crippen LogP contribution in [-0.4, -0.2) is 21.5 Å². The smallest absolute Gasteiger partial charge is 0.123 e. The highest BCUT2D eigenvalue weighted by molar-refractivity contribution is 6.31. The maximum Gasteiger partial charge on any atom is 0.123 e. The Bertz CT molecular complexity index is 598. The lowest BCUT2D eigenvalue weighted by molar-refractivity contribution is 0.263. The first-order valence-electron chi connectivity index (χ1n) is 6.63. The van der Waals surface area contributed by atoms with E-state index in [-0.39, 0.29) is 18.3 Å². The van der Waals surface area contributed by atoms with E-state index in [1.807, 2.05) is 20.0 Å². The fraction of sp³-hybridized carbons (Fsp3) is 0.400. The van der Waals surface area contributed by atoms with Crippen LogP contribution in [0.1, 0.15) is 29.8 Å². The van der Waals surface area contributed by atoms with Gasteiger partial charge in [0.25, 0.3) is 0 Å². The van der Waals surface area contributed by atoms with Crippen molar-refractivity contribution in [3.8, 4) is 0 Å². The molecule has 1 N–H and O–H groups in total. The summed E-state index contributed by atoms with van der Waals surface area (Å²) in [7, 11) is 1.83. The van der Waals surface area contributed by atoms with Crippen molar-refractivity contribution in [3.05, 3.63) is 52.1 Å². The fourth-order valence-corrected chi connectivity index (χ4v) is 2.69. The Morgan fingerprint density at radius 2 is 2.20 bits per heavy atom. The third kappa shape index (κ3) is 3.02. The number of aliphatic hydroxyl groups is 1. The summed E-state index contributed by atoms with van der Waals surface area (Å²) < 4.78 is 15.0. The second-order valence-electron chi connectivity index (χ2n) is 4.82. The molecule has 0 aliphatic carbocycles. The Morgan fingerprint density at radius 1 is 1.45 bits per heavy atom. The second kappa shape index (κ2) is 6.37. The highest BCUT2D eigenvalue weighted by Gasteiger charge is 2.19. The zero-order valence-corrected chi connectivity index (χ0v) is 12.4. The van der Waals surface area contributed by atoms with Gasteiger partial charge in [-0.15, -0.1) is 0 Å². The molecule has 20 heavy (non-hydrogen) atoms. The summed E-state index contributed by atoms with van der Waals surface area (Å²) in [4.78, 5) is 0. The molecular weight excluding hydrogens is 279 g/mol. The van der Waals surface area contributed by atoms with Crippen molar-refractivity contribution < 1.29 is 9.50 Å². The van der Waals surface area contributed by atoms with Gasteiger partial charge in [-0.25, -0.2) is 4.39 Å². The van der Waals surface area contributed by atoms with Crippen LogP contribution in [0.2, 0.25) is 5.02 Å². The molecule has 1 aromatic carbocycles. The Kier molecular flexibility index (Phi) is 4.78. The van der Waals surface area contributed by atoms with Gasteiger partial charge in [0, 0.05) is 13.0 Å². The van der Waals surface area contributed by atoms with Crippen LogP contribution < -0.4 is 0 Å². The van der Waals surface area contributed by atoms with Crippen LogP contribution in [0.25, 0.3) is 0 Å². The van der Waals surface area contributed by atoms with E-state index in [1.54, 1.807) is 10.7 Å². The zero-order chi connectivity index (χ0) is 14.7. The van der Waals surface area contributed by atoms with Crippen molar-refractivity contribution in [2.24, 2.45) is 7.05 Å². The lowest BCUT2D eigenvalue weighted by Gasteiger charge is -2.15. The summed E-state index contributed by atoms with van der Waals surface area (Å²) in [5.41, 5.74) is 2.48. The molecule has 0 amide bonds. The first-order chi connectivity index (χ1) is 9.56. The molecule has 0 saturated heterocycles. The minimum absolute atomic E-state index is 0.0631. The normalized spacial score (nSPS) is 12.7. The standard InChI is InChI=1S/C15H18ClFN2O/c1-3-13-15(16)14(19(2)18-13)8-11(9-20)10-5-4-6-12(17)7-10/h4-7,11,20H,3,8-9H2,1-2H3. The van der Waals surface area contributed by atoms with Crippen LogP contribution in [0.4, 0.5) is 4.39 Å². The van der Waals surface area contributed by atoms with Gasteiger partial charge in [0.15, 0.2) is 0 Å². The number of hydrogen-bond donors (Lipinski definition) is 1. The minimum Gasteiger partial charge on any atom is -0.396 e. The molecule has 1 aromatic heterocycles. The van der Waals surface area contributed by atoms with Gasteiger partial charge in [-0.2, -0.15) is 5.10 Å². The maximum atomic E-state index is 13.3. The van der Waals surface area contributed by atoms with E-state index >= 15 is 0 Å². The SMILES string of the molecule is CCc1nn(C)c(CC(CO)c2cccc(F)c2)c1Cl. The van der Waals surface area contributed by atoms with Crippen molar-refractivity contribution in [1.29, 1.82) is 0 Å². The van der Waals surface area contributed by atoms with Gasteiger partial charge in [-0.3, -0.25) is 4.68 Å². The van der Waals surface area contributed by atoms with E-state index in [0.717, 1.165) is 23.4 Å². The van der Waals surface area contributed by atoms with Crippen LogP contribution >= 0.6 is 11.6 Å². The number of aliphatic hydroxyl groups excluding tert-OH is 1. The molecule has 0 aliphatic heterocycles. The molecule has 108 valence electrons.